The van der Waals surface area contributed by atoms with Crippen molar-refractivity contribution in [3.63, 3.8) is 0 Å². The first-order valence-corrected chi connectivity index (χ1v) is 10.8. The molecule has 0 aliphatic heterocycles. The number of hydrogen-bond acceptors (Lipinski definition) is 6. The van der Waals surface area contributed by atoms with Gasteiger partial charge in [-0.2, -0.15) is 0 Å². The number of rotatable bonds is 8. The first kappa shape index (κ1) is 20.1. The van der Waals surface area contributed by atoms with E-state index in [1.807, 2.05) is 6.07 Å². The number of aromatic hydroxyl groups is 1. The van der Waals surface area contributed by atoms with Gasteiger partial charge in [-0.1, -0.05) is 29.8 Å². The number of para-hydroxylation sites is 1. The molecule has 1 aliphatic carbocycles. The van der Waals surface area contributed by atoms with Crippen molar-refractivity contribution in [3.8, 4) is 5.75 Å². The molecule has 0 saturated heterocycles. The quantitative estimate of drug-likeness (QED) is 0.216. The normalized spacial score (nSPS) is 13.6. The summed E-state index contributed by atoms with van der Waals surface area (Å²) in [6.45, 7) is 0.922. The zero-order valence-corrected chi connectivity index (χ0v) is 17.1. The molecule has 2 heterocycles. The number of nitrogens with one attached hydrogen (secondary N) is 1. The van der Waals surface area contributed by atoms with Crippen LogP contribution in [0.4, 0.5) is 5.69 Å². The molecule has 0 amide bonds. The third-order valence-corrected chi connectivity index (χ3v) is 5.81. The highest BCUT2D eigenvalue weighted by Gasteiger charge is 2.17. The molecular weight excluding hydrogens is 376 g/mol. The number of nitrogens with zero attached hydrogens (tertiary/aromatic N) is 3. The van der Waals surface area contributed by atoms with Crippen molar-refractivity contribution in [2.75, 3.05) is 11.9 Å². The second kappa shape index (κ2) is 9.57. The number of hydrogen-bond donors (Lipinski definition) is 3. The Kier molecular flexibility index (Phi) is 6.42. The first-order valence-electron chi connectivity index (χ1n) is 10.8. The maximum Gasteiger partial charge on any atom is 0.146 e. The zero-order chi connectivity index (χ0) is 20.8. The largest absolute Gasteiger partial charge is 0.505 e. The molecule has 0 bridgehead atoms. The lowest BCUT2D eigenvalue weighted by molar-refractivity contribution is 0.321. The van der Waals surface area contributed by atoms with Gasteiger partial charge < -0.3 is 15.6 Å². The first-order chi connectivity index (χ1) is 14.8. The summed E-state index contributed by atoms with van der Waals surface area (Å²) >= 11 is 0. The van der Waals surface area contributed by atoms with Crippen LogP contribution in [-0.2, 0) is 19.3 Å². The molecule has 6 heteroatoms. The minimum absolute atomic E-state index is 0.100. The molecule has 3 N–H and O–H groups in total. The number of aryl methyl sites for hydroxylation is 2. The molecule has 1 aliphatic rings. The number of oxime groups is 1. The zero-order valence-electron chi connectivity index (χ0n) is 17.1. The van der Waals surface area contributed by atoms with Gasteiger partial charge in [-0.05, 0) is 68.2 Å². The SMILES string of the molecule is O/N=C/c1nccc(CCCCCNc2c3c(nc4ccccc24)CCCC3)c1O. The fourth-order valence-electron chi connectivity index (χ4n) is 4.27. The lowest BCUT2D eigenvalue weighted by Crippen LogP contribution is -2.12. The topological polar surface area (TPSA) is 90.6 Å². The molecular formula is C24H28N4O2. The van der Waals surface area contributed by atoms with Gasteiger partial charge in [-0.25, -0.2) is 0 Å². The number of aromatic nitrogens is 2. The average molecular weight is 405 g/mol. The number of pyridine rings is 2. The van der Waals surface area contributed by atoms with E-state index in [1.54, 1.807) is 6.20 Å². The van der Waals surface area contributed by atoms with Gasteiger partial charge in [0.1, 0.15) is 11.4 Å². The predicted molar refractivity (Wildman–Crippen MR) is 120 cm³/mol. The summed E-state index contributed by atoms with van der Waals surface area (Å²) in [5.41, 5.74) is 6.15. The summed E-state index contributed by atoms with van der Waals surface area (Å²) in [7, 11) is 0. The third kappa shape index (κ3) is 4.37. The van der Waals surface area contributed by atoms with Gasteiger partial charge in [0.05, 0.1) is 11.7 Å². The van der Waals surface area contributed by atoms with Crippen molar-refractivity contribution in [2.45, 2.75) is 51.4 Å². The van der Waals surface area contributed by atoms with Crippen LogP contribution in [0.5, 0.6) is 5.75 Å². The van der Waals surface area contributed by atoms with Crippen LogP contribution in [0, 0.1) is 0 Å². The number of fused-ring (bicyclic) bond motifs is 2. The van der Waals surface area contributed by atoms with Crippen LogP contribution in [0.3, 0.4) is 0 Å². The molecule has 6 nitrogen and oxygen atoms in total. The standard InChI is InChI=1S/C24H28N4O2/c29-24-17(13-15-25-22(24)16-27-30)8-2-1-7-14-26-23-18-9-3-5-11-20(18)28-21-12-6-4-10-19(21)23/h3,5,9,11,13,15-16,29-30H,1-2,4,6-8,10,12,14H2,(H,26,28)/b27-16+. The Bertz CT molecular complexity index is 1050. The van der Waals surface area contributed by atoms with Gasteiger partial charge in [-0.15, -0.1) is 0 Å². The predicted octanol–water partition coefficient (Wildman–Crippen LogP) is 4.85. The van der Waals surface area contributed by atoms with Crippen LogP contribution >= 0.6 is 0 Å². The second-order valence-corrected chi connectivity index (χ2v) is 7.82. The molecule has 30 heavy (non-hydrogen) atoms. The summed E-state index contributed by atoms with van der Waals surface area (Å²) in [5, 5.41) is 26.7. The van der Waals surface area contributed by atoms with E-state index in [9.17, 15) is 5.11 Å². The van der Waals surface area contributed by atoms with E-state index in [1.165, 1.54) is 35.2 Å². The Morgan fingerprint density at radius 1 is 1.07 bits per heavy atom. The van der Waals surface area contributed by atoms with Crippen LogP contribution in [0.1, 0.15) is 54.6 Å². The molecule has 0 spiro atoms. The van der Waals surface area contributed by atoms with Gasteiger partial charge in [0, 0.05) is 29.5 Å². The Hall–Kier alpha value is -3.15. The molecule has 0 radical (unpaired) electrons. The van der Waals surface area contributed by atoms with Crippen LogP contribution in [0.25, 0.3) is 10.9 Å². The van der Waals surface area contributed by atoms with E-state index in [4.69, 9.17) is 10.2 Å². The lowest BCUT2D eigenvalue weighted by Gasteiger charge is -2.21. The maximum atomic E-state index is 10.2. The van der Waals surface area contributed by atoms with Crippen molar-refractivity contribution < 1.29 is 10.3 Å². The van der Waals surface area contributed by atoms with Gasteiger partial charge in [-0.3, -0.25) is 9.97 Å². The van der Waals surface area contributed by atoms with Crippen LogP contribution in [-0.4, -0.2) is 33.0 Å². The summed E-state index contributed by atoms with van der Waals surface area (Å²) in [4.78, 5) is 8.91. The Labute approximate surface area is 176 Å². The number of benzene rings is 1. The van der Waals surface area contributed by atoms with Crippen molar-refractivity contribution in [1.29, 1.82) is 0 Å². The van der Waals surface area contributed by atoms with E-state index in [2.05, 4.69) is 39.7 Å². The third-order valence-electron chi connectivity index (χ3n) is 5.81. The van der Waals surface area contributed by atoms with Crippen molar-refractivity contribution >= 4 is 22.8 Å². The molecule has 2 aromatic heterocycles. The summed E-state index contributed by atoms with van der Waals surface area (Å²) in [5.74, 6) is 0.100. The Morgan fingerprint density at radius 3 is 2.83 bits per heavy atom. The summed E-state index contributed by atoms with van der Waals surface area (Å²) in [6, 6.07) is 10.2. The van der Waals surface area contributed by atoms with E-state index in [0.717, 1.165) is 62.4 Å². The smallest absolute Gasteiger partial charge is 0.146 e. The number of unbranched alkanes of at least 4 members (excludes halogenated alkanes) is 2. The molecule has 0 saturated carbocycles. The lowest BCUT2D eigenvalue weighted by atomic mass is 9.92. The fourth-order valence-corrected chi connectivity index (χ4v) is 4.27. The molecule has 156 valence electrons. The monoisotopic (exact) mass is 404 g/mol. The highest BCUT2D eigenvalue weighted by atomic mass is 16.4. The van der Waals surface area contributed by atoms with E-state index in [0.29, 0.717) is 5.69 Å². The summed E-state index contributed by atoms with van der Waals surface area (Å²) in [6.07, 6.45) is 11.3. The molecule has 0 unspecified atom stereocenters. The molecule has 0 fully saturated rings. The number of anilines is 1. The highest BCUT2D eigenvalue weighted by Crippen LogP contribution is 2.33. The molecule has 3 aromatic rings. The molecule has 0 atom stereocenters. The van der Waals surface area contributed by atoms with Crippen molar-refractivity contribution in [1.82, 2.24) is 9.97 Å². The van der Waals surface area contributed by atoms with Crippen molar-refractivity contribution in [3.05, 3.63) is 59.0 Å². The minimum atomic E-state index is 0.100. The Balaban J connectivity index is 1.34. The highest BCUT2D eigenvalue weighted by molar-refractivity contribution is 5.93. The van der Waals surface area contributed by atoms with Crippen molar-refractivity contribution in [2.24, 2.45) is 5.16 Å². The van der Waals surface area contributed by atoms with E-state index < -0.39 is 0 Å². The Morgan fingerprint density at radius 2 is 1.93 bits per heavy atom. The van der Waals surface area contributed by atoms with Crippen LogP contribution in [0.2, 0.25) is 0 Å². The van der Waals surface area contributed by atoms with E-state index in [-0.39, 0.29) is 5.75 Å². The van der Waals surface area contributed by atoms with Crippen LogP contribution in [0.15, 0.2) is 41.7 Å². The van der Waals surface area contributed by atoms with Gasteiger partial charge in [0.15, 0.2) is 0 Å². The maximum absolute atomic E-state index is 10.2. The van der Waals surface area contributed by atoms with E-state index >= 15 is 0 Å². The summed E-state index contributed by atoms with van der Waals surface area (Å²) < 4.78 is 0. The molecule has 1 aromatic carbocycles. The van der Waals surface area contributed by atoms with Gasteiger partial charge in [0.2, 0.25) is 0 Å². The second-order valence-electron chi connectivity index (χ2n) is 7.82. The minimum Gasteiger partial charge on any atom is -0.505 e. The van der Waals surface area contributed by atoms with Crippen LogP contribution < -0.4 is 5.32 Å². The van der Waals surface area contributed by atoms with Gasteiger partial charge >= 0.3 is 0 Å². The van der Waals surface area contributed by atoms with Gasteiger partial charge in [0.25, 0.3) is 0 Å². The molecule has 4 rings (SSSR count). The fraction of sp³-hybridized carbons (Fsp3) is 0.375. The average Bonchev–Trinajstić information content (AvgIpc) is 2.78.